The summed E-state index contributed by atoms with van der Waals surface area (Å²) >= 11 is 5.79. The first-order valence-corrected chi connectivity index (χ1v) is 8.06. The van der Waals surface area contributed by atoms with E-state index in [1.165, 1.54) is 0 Å². The fourth-order valence-electron chi connectivity index (χ4n) is 2.16. The third kappa shape index (κ3) is 2.56. The summed E-state index contributed by atoms with van der Waals surface area (Å²) in [4.78, 5) is 0.390. The summed E-state index contributed by atoms with van der Waals surface area (Å²) in [6.07, 6.45) is 0.855. The minimum absolute atomic E-state index is 0.285. The van der Waals surface area contributed by atoms with Crippen LogP contribution in [-0.4, -0.2) is 31.7 Å². The summed E-state index contributed by atoms with van der Waals surface area (Å²) in [6.45, 7) is 5.02. The molecule has 0 spiro atoms. The first-order valence-electron chi connectivity index (χ1n) is 6.08. The molecule has 1 saturated heterocycles. The summed E-state index contributed by atoms with van der Waals surface area (Å²) < 4.78 is 26.4. The highest BCUT2D eigenvalue weighted by molar-refractivity contribution is 7.89. The largest absolute Gasteiger partial charge is 0.243 e. The van der Waals surface area contributed by atoms with Crippen molar-refractivity contribution in [2.75, 3.05) is 19.0 Å². The average Bonchev–Trinajstić information content (AvgIpc) is 2.81. The molecule has 0 N–H and O–H groups in total. The van der Waals surface area contributed by atoms with Gasteiger partial charge < -0.3 is 0 Å². The molecule has 0 radical (unpaired) electrons. The highest BCUT2D eigenvalue weighted by Crippen LogP contribution is 2.25. The van der Waals surface area contributed by atoms with Gasteiger partial charge in [0.2, 0.25) is 10.0 Å². The van der Waals surface area contributed by atoms with Crippen LogP contribution >= 0.6 is 11.6 Å². The molecule has 1 aromatic carbocycles. The zero-order valence-corrected chi connectivity index (χ0v) is 12.3. The lowest BCUT2D eigenvalue weighted by Gasteiger charge is -2.17. The Bertz CT molecular complexity index is 542. The minimum atomic E-state index is -3.35. The minimum Gasteiger partial charge on any atom is -0.207 e. The van der Waals surface area contributed by atoms with Crippen LogP contribution in [-0.2, 0) is 10.0 Å². The second-order valence-electron chi connectivity index (χ2n) is 4.92. The molecule has 0 aromatic heterocycles. The monoisotopic (exact) mass is 287 g/mol. The second-order valence-corrected chi connectivity index (χ2v) is 7.16. The number of nitrogens with zero attached hydrogens (tertiary/aromatic N) is 1. The number of sulfonamides is 1. The van der Waals surface area contributed by atoms with E-state index in [9.17, 15) is 8.42 Å². The molecule has 100 valence electrons. The third-order valence-electron chi connectivity index (χ3n) is 3.58. The van der Waals surface area contributed by atoms with Crippen LogP contribution < -0.4 is 0 Å². The number of benzene rings is 1. The average molecular weight is 288 g/mol. The summed E-state index contributed by atoms with van der Waals surface area (Å²) in [6, 6.07) is 5.29. The van der Waals surface area contributed by atoms with Gasteiger partial charge in [0.15, 0.2) is 0 Å². The number of hydrogen-bond donors (Lipinski definition) is 0. The van der Waals surface area contributed by atoms with Crippen molar-refractivity contribution in [3.8, 4) is 0 Å². The van der Waals surface area contributed by atoms with E-state index in [1.54, 1.807) is 16.4 Å². The topological polar surface area (TPSA) is 37.4 Å². The summed E-state index contributed by atoms with van der Waals surface area (Å²) in [7, 11) is -3.35. The predicted molar refractivity (Wildman–Crippen MR) is 73.5 cm³/mol. The molecule has 3 nitrogen and oxygen atoms in total. The van der Waals surface area contributed by atoms with Gasteiger partial charge in [-0.05, 0) is 49.4 Å². The van der Waals surface area contributed by atoms with Gasteiger partial charge in [-0.2, -0.15) is 4.31 Å². The molecule has 2 rings (SSSR count). The lowest BCUT2D eigenvalue weighted by molar-refractivity contribution is 0.465. The maximum Gasteiger partial charge on any atom is 0.243 e. The molecule has 0 bridgehead atoms. The van der Waals surface area contributed by atoms with Crippen LogP contribution in [0, 0.1) is 19.8 Å². The molecule has 18 heavy (non-hydrogen) atoms. The van der Waals surface area contributed by atoms with Crippen molar-refractivity contribution >= 4 is 21.6 Å². The van der Waals surface area contributed by atoms with Gasteiger partial charge in [-0.3, -0.25) is 0 Å². The maximum absolute atomic E-state index is 12.4. The predicted octanol–water partition coefficient (Wildman–Crippen LogP) is 2.55. The molecule has 5 heteroatoms. The summed E-state index contributed by atoms with van der Waals surface area (Å²) in [5.41, 5.74) is 2.11. The lowest BCUT2D eigenvalue weighted by Crippen LogP contribution is -2.29. The second kappa shape index (κ2) is 5.19. The first kappa shape index (κ1) is 13.8. The van der Waals surface area contributed by atoms with Gasteiger partial charge in [-0.15, -0.1) is 11.6 Å². The lowest BCUT2D eigenvalue weighted by atomic mass is 10.1. The zero-order chi connectivity index (χ0) is 13.3. The van der Waals surface area contributed by atoms with Crippen molar-refractivity contribution in [2.24, 2.45) is 5.92 Å². The number of rotatable bonds is 3. The number of alkyl halides is 1. The van der Waals surface area contributed by atoms with Gasteiger partial charge >= 0.3 is 0 Å². The fourth-order valence-corrected chi connectivity index (χ4v) is 4.03. The molecule has 1 unspecified atom stereocenters. The van der Waals surface area contributed by atoms with E-state index in [0.717, 1.165) is 17.5 Å². The van der Waals surface area contributed by atoms with E-state index < -0.39 is 10.0 Å². The van der Waals surface area contributed by atoms with Gasteiger partial charge in [0.1, 0.15) is 0 Å². The van der Waals surface area contributed by atoms with E-state index >= 15 is 0 Å². The van der Waals surface area contributed by atoms with Crippen LogP contribution in [0.4, 0.5) is 0 Å². The molecule has 1 atom stereocenters. The SMILES string of the molecule is Cc1ccc(S(=O)(=O)N2CCC(CCl)C2)cc1C. The molecule has 1 heterocycles. The van der Waals surface area contributed by atoms with Crippen molar-refractivity contribution < 1.29 is 8.42 Å². The molecule has 1 fully saturated rings. The van der Waals surface area contributed by atoms with Gasteiger partial charge in [-0.1, -0.05) is 6.07 Å². The molecule has 1 aliphatic heterocycles. The molecular weight excluding hydrogens is 270 g/mol. The molecule has 0 amide bonds. The van der Waals surface area contributed by atoms with E-state index in [-0.39, 0.29) is 5.92 Å². The van der Waals surface area contributed by atoms with E-state index in [0.29, 0.717) is 23.9 Å². The Morgan fingerprint density at radius 1 is 1.33 bits per heavy atom. The Hall–Kier alpha value is -0.580. The van der Waals surface area contributed by atoms with E-state index in [4.69, 9.17) is 11.6 Å². The van der Waals surface area contributed by atoms with Crippen LogP contribution in [0.1, 0.15) is 17.5 Å². The standard InChI is InChI=1S/C13H18ClNO2S/c1-10-3-4-13(7-11(10)2)18(16,17)15-6-5-12(8-14)9-15/h3-4,7,12H,5-6,8-9H2,1-2H3. The number of aryl methyl sites for hydroxylation is 2. The maximum atomic E-state index is 12.4. The highest BCUT2D eigenvalue weighted by atomic mass is 35.5. The van der Waals surface area contributed by atoms with Crippen LogP contribution in [0.5, 0.6) is 0 Å². The molecule has 1 aliphatic rings. The zero-order valence-electron chi connectivity index (χ0n) is 10.7. The quantitative estimate of drug-likeness (QED) is 0.801. The van der Waals surface area contributed by atoms with E-state index in [1.807, 2.05) is 19.9 Å². The first-order chi connectivity index (χ1) is 8.45. The van der Waals surface area contributed by atoms with Gasteiger partial charge in [0.25, 0.3) is 0 Å². The number of hydrogen-bond acceptors (Lipinski definition) is 2. The van der Waals surface area contributed by atoms with Crippen LogP contribution in [0.15, 0.2) is 23.1 Å². The Morgan fingerprint density at radius 2 is 2.06 bits per heavy atom. The van der Waals surface area contributed by atoms with Crippen LogP contribution in [0.2, 0.25) is 0 Å². The Kier molecular flexibility index (Phi) is 3.99. The summed E-state index contributed by atoms with van der Waals surface area (Å²) in [5.74, 6) is 0.812. The van der Waals surface area contributed by atoms with Crippen molar-refractivity contribution in [3.05, 3.63) is 29.3 Å². The van der Waals surface area contributed by atoms with Crippen molar-refractivity contribution in [3.63, 3.8) is 0 Å². The van der Waals surface area contributed by atoms with Crippen molar-refractivity contribution in [1.82, 2.24) is 4.31 Å². The van der Waals surface area contributed by atoms with Gasteiger partial charge in [-0.25, -0.2) is 8.42 Å². The fraction of sp³-hybridized carbons (Fsp3) is 0.538. The molecule has 0 saturated carbocycles. The van der Waals surface area contributed by atoms with Crippen molar-refractivity contribution in [2.45, 2.75) is 25.2 Å². The molecule has 1 aromatic rings. The third-order valence-corrected chi connectivity index (χ3v) is 5.88. The molecule has 0 aliphatic carbocycles. The van der Waals surface area contributed by atoms with Gasteiger partial charge in [0.05, 0.1) is 4.90 Å². The van der Waals surface area contributed by atoms with Crippen molar-refractivity contribution in [1.29, 1.82) is 0 Å². The summed E-state index contributed by atoms with van der Waals surface area (Å²) in [5, 5.41) is 0. The normalized spacial score (nSPS) is 21.4. The Labute approximate surface area is 114 Å². The highest BCUT2D eigenvalue weighted by Gasteiger charge is 2.32. The Balaban J connectivity index is 2.28. The number of halogens is 1. The Morgan fingerprint density at radius 3 is 2.61 bits per heavy atom. The smallest absolute Gasteiger partial charge is 0.207 e. The van der Waals surface area contributed by atoms with Crippen LogP contribution in [0.3, 0.4) is 0 Å². The molecular formula is C13H18ClNO2S. The van der Waals surface area contributed by atoms with Gasteiger partial charge in [0, 0.05) is 19.0 Å². The van der Waals surface area contributed by atoms with E-state index in [2.05, 4.69) is 0 Å². The van der Waals surface area contributed by atoms with Crippen LogP contribution in [0.25, 0.3) is 0 Å².